The smallest absolute Gasteiger partial charge is 0.271 e. The van der Waals surface area contributed by atoms with Gasteiger partial charge in [-0.25, -0.2) is 0 Å². The average Bonchev–Trinajstić information content (AvgIpc) is 3.11. The van der Waals surface area contributed by atoms with Crippen LogP contribution in [0.2, 0.25) is 0 Å². The van der Waals surface area contributed by atoms with Crippen LogP contribution in [0.3, 0.4) is 0 Å². The second-order valence-corrected chi connectivity index (χ2v) is 7.51. The molecule has 2 N–H and O–H groups in total. The lowest BCUT2D eigenvalue weighted by atomic mass is 10.1. The first-order valence-electron chi connectivity index (χ1n) is 9.57. The molecule has 8 heteroatoms. The second-order valence-electron chi connectivity index (χ2n) is 6.66. The Labute approximate surface area is 183 Å². The number of hydrogen-bond acceptors (Lipinski definition) is 4. The number of carbonyl (C=O) groups is 2. The Morgan fingerprint density at radius 2 is 1.83 bits per heavy atom. The number of rotatable bonds is 8. The largest absolute Gasteiger partial charge is 0.488 e. The number of halogens is 1. The molecule has 0 spiro atoms. The molecule has 1 aromatic heterocycles. The Kier molecular flexibility index (Phi) is 7.24. The summed E-state index contributed by atoms with van der Waals surface area (Å²) in [6.45, 7) is 2.91. The number of amides is 2. The van der Waals surface area contributed by atoms with Crippen LogP contribution in [0.5, 0.6) is 5.75 Å². The molecular weight excluding hydrogens is 448 g/mol. The van der Waals surface area contributed by atoms with E-state index in [1.54, 1.807) is 19.2 Å². The number of carbonyl (C=O) groups excluding carboxylic acids is 2. The second kappa shape index (κ2) is 10.1. The van der Waals surface area contributed by atoms with Gasteiger partial charge in [-0.05, 0) is 52.2 Å². The van der Waals surface area contributed by atoms with Gasteiger partial charge in [0, 0.05) is 19.2 Å². The Bertz CT molecular complexity index is 1030. The molecule has 0 aliphatic heterocycles. The topological polar surface area (TPSA) is 85.2 Å². The van der Waals surface area contributed by atoms with Crippen LogP contribution in [0.4, 0.5) is 5.69 Å². The van der Waals surface area contributed by atoms with Crippen molar-refractivity contribution >= 4 is 33.4 Å². The van der Waals surface area contributed by atoms with Gasteiger partial charge in [-0.2, -0.15) is 5.10 Å². The summed E-state index contributed by atoms with van der Waals surface area (Å²) in [5, 5.41) is 9.66. The molecule has 0 fully saturated rings. The first-order chi connectivity index (χ1) is 14.5. The summed E-state index contributed by atoms with van der Waals surface area (Å²) in [5.41, 5.74) is 2.10. The molecular formula is C22H23BrN4O3. The van der Waals surface area contributed by atoms with E-state index < -0.39 is 0 Å². The van der Waals surface area contributed by atoms with Crippen molar-refractivity contribution < 1.29 is 14.3 Å². The van der Waals surface area contributed by atoms with Gasteiger partial charge in [0.2, 0.25) is 0 Å². The monoisotopic (exact) mass is 470 g/mol. The highest BCUT2D eigenvalue weighted by atomic mass is 79.9. The van der Waals surface area contributed by atoms with Crippen molar-refractivity contribution in [2.45, 2.75) is 20.0 Å². The fourth-order valence-corrected chi connectivity index (χ4v) is 3.19. The molecule has 2 amide bonds. The van der Waals surface area contributed by atoms with Crippen LogP contribution in [-0.2, 0) is 13.7 Å². The Balaban J connectivity index is 1.64. The van der Waals surface area contributed by atoms with Gasteiger partial charge in [-0.15, -0.1) is 0 Å². The van der Waals surface area contributed by atoms with Gasteiger partial charge in [0.15, 0.2) is 0 Å². The molecule has 3 aromatic rings. The molecule has 0 aliphatic carbocycles. The third kappa shape index (κ3) is 5.27. The molecule has 0 saturated heterocycles. The number of hydrogen-bond donors (Lipinski definition) is 2. The van der Waals surface area contributed by atoms with Crippen molar-refractivity contribution in [2.24, 2.45) is 7.05 Å². The Hall–Kier alpha value is -3.13. The maximum atomic E-state index is 12.6. The zero-order valence-electron chi connectivity index (χ0n) is 16.8. The highest BCUT2D eigenvalue weighted by Gasteiger charge is 2.18. The summed E-state index contributed by atoms with van der Waals surface area (Å²) in [7, 11) is 1.66. The SMILES string of the molecule is CCCNC(=O)c1c(NC(=O)c2ccc(COc3ccccc3Br)cc2)cnn1C. The molecule has 0 saturated carbocycles. The van der Waals surface area contributed by atoms with E-state index in [-0.39, 0.29) is 11.8 Å². The van der Waals surface area contributed by atoms with Crippen molar-refractivity contribution in [2.75, 3.05) is 11.9 Å². The number of nitrogens with zero attached hydrogens (tertiary/aromatic N) is 2. The lowest BCUT2D eigenvalue weighted by molar-refractivity contribution is 0.0945. The number of anilines is 1. The van der Waals surface area contributed by atoms with Crippen molar-refractivity contribution in [3.63, 3.8) is 0 Å². The third-order valence-electron chi connectivity index (χ3n) is 4.38. The summed E-state index contributed by atoms with van der Waals surface area (Å²) in [6.07, 6.45) is 2.29. The average molecular weight is 471 g/mol. The number of nitrogens with one attached hydrogen (secondary N) is 2. The van der Waals surface area contributed by atoms with Gasteiger partial charge < -0.3 is 15.4 Å². The predicted molar refractivity (Wildman–Crippen MR) is 119 cm³/mol. The highest BCUT2D eigenvalue weighted by molar-refractivity contribution is 9.10. The Morgan fingerprint density at radius 1 is 1.10 bits per heavy atom. The van der Waals surface area contributed by atoms with Crippen molar-refractivity contribution in [1.29, 1.82) is 0 Å². The van der Waals surface area contributed by atoms with Crippen LogP contribution >= 0.6 is 15.9 Å². The van der Waals surface area contributed by atoms with Crippen LogP contribution in [-0.4, -0.2) is 28.1 Å². The molecule has 156 valence electrons. The summed E-state index contributed by atoms with van der Waals surface area (Å²) in [4.78, 5) is 25.0. The van der Waals surface area contributed by atoms with Crippen LogP contribution in [0.1, 0.15) is 39.8 Å². The molecule has 0 bridgehead atoms. The number of para-hydroxylation sites is 1. The van der Waals surface area contributed by atoms with Crippen LogP contribution < -0.4 is 15.4 Å². The summed E-state index contributed by atoms with van der Waals surface area (Å²) in [5.74, 6) is 0.169. The predicted octanol–water partition coefficient (Wildman–Crippen LogP) is 4.15. The van der Waals surface area contributed by atoms with Gasteiger partial charge >= 0.3 is 0 Å². The van der Waals surface area contributed by atoms with E-state index in [2.05, 4.69) is 31.7 Å². The molecule has 0 aliphatic rings. The van der Waals surface area contributed by atoms with Crippen molar-refractivity contribution in [1.82, 2.24) is 15.1 Å². The molecule has 3 rings (SSSR count). The van der Waals surface area contributed by atoms with Crippen LogP contribution in [0.25, 0.3) is 0 Å². The van der Waals surface area contributed by atoms with E-state index in [4.69, 9.17) is 4.74 Å². The molecule has 0 unspecified atom stereocenters. The fraction of sp³-hybridized carbons (Fsp3) is 0.227. The van der Waals surface area contributed by atoms with Gasteiger partial charge in [-0.1, -0.05) is 31.2 Å². The van der Waals surface area contributed by atoms with Crippen LogP contribution in [0, 0.1) is 0 Å². The first-order valence-corrected chi connectivity index (χ1v) is 10.4. The maximum Gasteiger partial charge on any atom is 0.271 e. The van der Waals surface area contributed by atoms with Gasteiger partial charge in [-0.3, -0.25) is 14.3 Å². The first kappa shape index (κ1) is 21.6. The minimum absolute atomic E-state index is 0.272. The van der Waals surface area contributed by atoms with E-state index >= 15 is 0 Å². The molecule has 0 atom stereocenters. The maximum absolute atomic E-state index is 12.6. The normalized spacial score (nSPS) is 10.5. The van der Waals surface area contributed by atoms with Crippen molar-refractivity contribution in [3.8, 4) is 5.75 Å². The fourth-order valence-electron chi connectivity index (χ4n) is 2.79. The summed E-state index contributed by atoms with van der Waals surface area (Å²) < 4.78 is 8.13. The zero-order valence-corrected chi connectivity index (χ0v) is 18.4. The third-order valence-corrected chi connectivity index (χ3v) is 5.04. The molecule has 30 heavy (non-hydrogen) atoms. The molecule has 1 heterocycles. The quantitative estimate of drug-likeness (QED) is 0.517. The van der Waals surface area contributed by atoms with Gasteiger partial charge in [0.1, 0.15) is 18.1 Å². The number of ether oxygens (including phenoxy) is 1. The van der Waals surface area contributed by atoms with E-state index in [9.17, 15) is 9.59 Å². The number of aromatic nitrogens is 2. The van der Waals surface area contributed by atoms with E-state index in [1.165, 1.54) is 10.9 Å². The van der Waals surface area contributed by atoms with Gasteiger partial charge in [0.05, 0.1) is 16.4 Å². The van der Waals surface area contributed by atoms with E-state index in [1.807, 2.05) is 43.3 Å². The van der Waals surface area contributed by atoms with Crippen LogP contribution in [0.15, 0.2) is 59.2 Å². The van der Waals surface area contributed by atoms with Gasteiger partial charge in [0.25, 0.3) is 11.8 Å². The summed E-state index contributed by atoms with van der Waals surface area (Å²) in [6, 6.07) is 14.7. The molecule has 0 radical (unpaired) electrons. The van der Waals surface area contributed by atoms with Crippen molar-refractivity contribution in [3.05, 3.63) is 76.0 Å². The minimum atomic E-state index is -0.314. The number of aryl methyl sites for hydroxylation is 1. The summed E-state index contributed by atoms with van der Waals surface area (Å²) >= 11 is 3.45. The minimum Gasteiger partial charge on any atom is -0.488 e. The number of benzene rings is 2. The standard InChI is InChI=1S/C22H23BrN4O3/c1-3-12-24-22(29)20-18(13-25-27(20)2)26-21(28)16-10-8-15(9-11-16)14-30-19-7-5-4-6-17(19)23/h4-11,13H,3,12,14H2,1-2H3,(H,24,29)(H,26,28). The highest BCUT2D eigenvalue weighted by Crippen LogP contribution is 2.24. The zero-order chi connectivity index (χ0) is 21.5. The molecule has 7 nitrogen and oxygen atoms in total. The lowest BCUT2D eigenvalue weighted by Crippen LogP contribution is -2.27. The van der Waals surface area contributed by atoms with E-state index in [0.29, 0.717) is 30.1 Å². The molecule has 2 aromatic carbocycles. The van der Waals surface area contributed by atoms with E-state index in [0.717, 1.165) is 22.2 Å². The lowest BCUT2D eigenvalue weighted by Gasteiger charge is -2.10. The Morgan fingerprint density at radius 3 is 2.53 bits per heavy atom.